The Labute approximate surface area is 165 Å². The van der Waals surface area contributed by atoms with Crippen LogP contribution in [0.3, 0.4) is 0 Å². The highest BCUT2D eigenvalue weighted by molar-refractivity contribution is 5.72. The Morgan fingerprint density at radius 1 is 1.32 bits per heavy atom. The molecule has 4 rings (SSSR count). The maximum Gasteiger partial charge on any atom is 0.308 e. The Kier molecular flexibility index (Phi) is 5.34. The van der Waals surface area contributed by atoms with Crippen molar-refractivity contribution in [2.24, 2.45) is 17.3 Å². The first-order valence-electron chi connectivity index (χ1n) is 10.2. The zero-order valence-electron chi connectivity index (χ0n) is 16.5. The maximum atomic E-state index is 12.3. The molecule has 2 aliphatic heterocycles. The Hall–Kier alpha value is -2.05. The van der Waals surface area contributed by atoms with E-state index in [4.69, 9.17) is 14.2 Å². The highest BCUT2D eigenvalue weighted by atomic mass is 16.6. The third-order valence-corrected chi connectivity index (χ3v) is 6.49. The smallest absolute Gasteiger partial charge is 0.308 e. The summed E-state index contributed by atoms with van der Waals surface area (Å²) in [5.74, 6) is 0.515. The van der Waals surface area contributed by atoms with Crippen molar-refractivity contribution in [1.29, 1.82) is 0 Å². The molecular formula is C22H29NO5. The number of carboxylic acids is 1. The molecule has 0 radical (unpaired) electrons. The van der Waals surface area contributed by atoms with E-state index in [1.165, 1.54) is 0 Å². The number of benzene rings is 1. The number of allylic oxidation sites excluding steroid dienone is 1. The number of rotatable bonds is 5. The van der Waals surface area contributed by atoms with Crippen LogP contribution in [0, 0.1) is 17.3 Å². The normalized spacial score (nSPS) is 34.9. The third kappa shape index (κ3) is 3.51. The van der Waals surface area contributed by atoms with E-state index in [9.17, 15) is 9.90 Å². The molecule has 152 valence electrons. The van der Waals surface area contributed by atoms with Crippen molar-refractivity contribution in [1.82, 2.24) is 5.32 Å². The van der Waals surface area contributed by atoms with Crippen molar-refractivity contribution in [2.45, 2.75) is 38.8 Å². The summed E-state index contributed by atoms with van der Waals surface area (Å²) in [6.07, 6.45) is 3.67. The molecule has 0 amide bonds. The molecule has 0 saturated carbocycles. The lowest BCUT2D eigenvalue weighted by Gasteiger charge is -2.44. The second-order valence-corrected chi connectivity index (χ2v) is 8.24. The summed E-state index contributed by atoms with van der Waals surface area (Å²) < 4.78 is 17.1. The summed E-state index contributed by atoms with van der Waals surface area (Å²) in [7, 11) is 0. The molecule has 6 nitrogen and oxygen atoms in total. The van der Waals surface area contributed by atoms with Gasteiger partial charge >= 0.3 is 5.97 Å². The van der Waals surface area contributed by atoms with Gasteiger partial charge in [0.1, 0.15) is 24.2 Å². The third-order valence-electron chi connectivity index (χ3n) is 6.49. The lowest BCUT2D eigenvalue weighted by Crippen LogP contribution is -2.43. The molecule has 5 atom stereocenters. The molecular weight excluding hydrogens is 358 g/mol. The van der Waals surface area contributed by atoms with Crippen molar-refractivity contribution >= 4 is 5.97 Å². The minimum absolute atomic E-state index is 0.0184. The molecule has 2 fully saturated rings. The van der Waals surface area contributed by atoms with Gasteiger partial charge in [0.25, 0.3) is 0 Å². The maximum absolute atomic E-state index is 12.3. The van der Waals surface area contributed by atoms with Crippen LogP contribution in [-0.2, 0) is 14.3 Å². The lowest BCUT2D eigenvalue weighted by molar-refractivity contribution is -0.146. The first-order valence-corrected chi connectivity index (χ1v) is 10.2. The molecule has 2 saturated heterocycles. The summed E-state index contributed by atoms with van der Waals surface area (Å²) in [4.78, 5) is 12.3. The molecule has 2 heterocycles. The molecule has 3 unspecified atom stereocenters. The van der Waals surface area contributed by atoms with Gasteiger partial charge in [-0.2, -0.15) is 0 Å². The van der Waals surface area contributed by atoms with Gasteiger partial charge in [-0.3, -0.25) is 4.79 Å². The van der Waals surface area contributed by atoms with Crippen molar-refractivity contribution in [2.75, 3.05) is 26.4 Å². The standard InChI is InChI=1S/C22H29NO5/c1-3-26-15-6-4-14(5-7-15)20-19(21(24)25)16(13-23-20)22(2)9-8-17-18(12-22)28-11-10-27-17/h4-8,16,18-20,23H,3,9-13H2,1-2H3,(H,24,25)/t16-,18?,19+,20?,22?/m0/s1. The molecule has 3 aliphatic rings. The summed E-state index contributed by atoms with van der Waals surface area (Å²) in [5.41, 5.74) is 0.844. The Morgan fingerprint density at radius 3 is 2.82 bits per heavy atom. The molecule has 0 bridgehead atoms. The largest absolute Gasteiger partial charge is 0.494 e. The van der Waals surface area contributed by atoms with Gasteiger partial charge in [-0.1, -0.05) is 19.1 Å². The monoisotopic (exact) mass is 387 g/mol. The summed E-state index contributed by atoms with van der Waals surface area (Å²) in [6, 6.07) is 7.57. The van der Waals surface area contributed by atoms with E-state index in [0.717, 1.165) is 29.9 Å². The number of hydrogen-bond acceptors (Lipinski definition) is 5. The van der Waals surface area contributed by atoms with Crippen LogP contribution in [0.2, 0.25) is 0 Å². The average molecular weight is 387 g/mol. The summed E-state index contributed by atoms with van der Waals surface area (Å²) >= 11 is 0. The highest BCUT2D eigenvalue weighted by Crippen LogP contribution is 2.51. The second-order valence-electron chi connectivity index (χ2n) is 8.24. The summed E-state index contributed by atoms with van der Waals surface area (Å²) in [5, 5.41) is 13.6. The van der Waals surface area contributed by atoms with Crippen LogP contribution in [-0.4, -0.2) is 43.5 Å². The molecule has 28 heavy (non-hydrogen) atoms. The quantitative estimate of drug-likeness (QED) is 0.808. The van der Waals surface area contributed by atoms with Gasteiger partial charge in [-0.25, -0.2) is 0 Å². The van der Waals surface area contributed by atoms with Gasteiger partial charge in [-0.15, -0.1) is 0 Å². The van der Waals surface area contributed by atoms with Crippen LogP contribution in [0.1, 0.15) is 38.3 Å². The average Bonchev–Trinajstić information content (AvgIpc) is 3.15. The van der Waals surface area contributed by atoms with Crippen molar-refractivity contribution < 1.29 is 24.1 Å². The zero-order valence-corrected chi connectivity index (χ0v) is 16.5. The Bertz CT molecular complexity index is 746. The molecule has 0 spiro atoms. The van der Waals surface area contributed by atoms with Gasteiger partial charge in [0.2, 0.25) is 0 Å². The van der Waals surface area contributed by atoms with Crippen molar-refractivity contribution in [3.63, 3.8) is 0 Å². The van der Waals surface area contributed by atoms with Gasteiger partial charge in [0.05, 0.1) is 19.1 Å². The van der Waals surface area contributed by atoms with Crippen LogP contribution in [0.4, 0.5) is 0 Å². The van der Waals surface area contributed by atoms with E-state index in [2.05, 4.69) is 18.3 Å². The van der Waals surface area contributed by atoms with Crippen LogP contribution in [0.5, 0.6) is 5.75 Å². The minimum atomic E-state index is -0.745. The fraction of sp³-hybridized carbons (Fsp3) is 0.591. The Morgan fingerprint density at radius 2 is 2.11 bits per heavy atom. The highest BCUT2D eigenvalue weighted by Gasteiger charge is 2.52. The lowest BCUT2D eigenvalue weighted by atomic mass is 9.63. The van der Waals surface area contributed by atoms with E-state index in [1.807, 2.05) is 31.2 Å². The van der Waals surface area contributed by atoms with Gasteiger partial charge in [-0.05, 0) is 61.4 Å². The molecule has 1 aliphatic carbocycles. The van der Waals surface area contributed by atoms with Gasteiger partial charge in [0.15, 0.2) is 0 Å². The number of ether oxygens (including phenoxy) is 3. The van der Waals surface area contributed by atoms with Crippen LogP contribution in [0.15, 0.2) is 36.1 Å². The van der Waals surface area contributed by atoms with Gasteiger partial charge in [0, 0.05) is 6.04 Å². The first kappa shape index (κ1) is 19.3. The number of aliphatic carboxylic acids is 1. The van der Waals surface area contributed by atoms with E-state index < -0.39 is 11.9 Å². The molecule has 2 N–H and O–H groups in total. The fourth-order valence-corrected chi connectivity index (χ4v) is 5.02. The van der Waals surface area contributed by atoms with E-state index >= 15 is 0 Å². The van der Waals surface area contributed by atoms with E-state index in [-0.39, 0.29) is 23.5 Å². The molecule has 0 aromatic heterocycles. The molecule has 1 aromatic rings. The number of fused-ring (bicyclic) bond motifs is 1. The first-order chi connectivity index (χ1) is 13.5. The number of carboxylic acid groups (broad SMARTS) is 1. The van der Waals surface area contributed by atoms with Crippen molar-refractivity contribution in [3.8, 4) is 5.75 Å². The van der Waals surface area contributed by atoms with E-state index in [0.29, 0.717) is 26.4 Å². The number of hydrogen-bond donors (Lipinski definition) is 2. The van der Waals surface area contributed by atoms with Crippen LogP contribution >= 0.6 is 0 Å². The molecule has 1 aromatic carbocycles. The minimum Gasteiger partial charge on any atom is -0.494 e. The van der Waals surface area contributed by atoms with Gasteiger partial charge < -0.3 is 24.6 Å². The second kappa shape index (κ2) is 7.76. The predicted octanol–water partition coefficient (Wildman–Crippen LogP) is 3.15. The van der Waals surface area contributed by atoms with E-state index in [1.54, 1.807) is 0 Å². The van der Waals surface area contributed by atoms with Crippen molar-refractivity contribution in [3.05, 3.63) is 41.7 Å². The number of carbonyl (C=O) groups is 1. The SMILES string of the molecule is CCOc1ccc(C2NC[C@H](C3(C)CC=C4OCCOC4C3)[C@H]2C(=O)O)cc1. The molecule has 6 heteroatoms. The van der Waals surface area contributed by atoms with Crippen LogP contribution < -0.4 is 10.1 Å². The zero-order chi connectivity index (χ0) is 19.7. The number of nitrogens with one attached hydrogen (secondary N) is 1. The Balaban J connectivity index is 1.56. The van der Waals surface area contributed by atoms with Crippen LogP contribution in [0.25, 0.3) is 0 Å². The fourth-order valence-electron chi connectivity index (χ4n) is 5.02. The predicted molar refractivity (Wildman–Crippen MR) is 104 cm³/mol. The summed E-state index contributed by atoms with van der Waals surface area (Å²) in [6.45, 7) is 6.63. The topological polar surface area (TPSA) is 77.0 Å².